The summed E-state index contributed by atoms with van der Waals surface area (Å²) in [4.78, 5) is 26.3. The molecule has 6 heteroatoms. The Balaban J connectivity index is 2.02. The number of nitrogens with zero attached hydrogens (tertiary/aromatic N) is 1. The minimum atomic E-state index is -0.291. The first-order chi connectivity index (χ1) is 11.9. The van der Waals surface area contributed by atoms with Crippen LogP contribution in [-0.2, 0) is 16.1 Å². The summed E-state index contributed by atoms with van der Waals surface area (Å²) in [7, 11) is 0. The smallest absolute Gasteiger partial charge is 0.315 e. The van der Waals surface area contributed by atoms with E-state index in [0.717, 1.165) is 41.5 Å². The zero-order chi connectivity index (χ0) is 18.1. The van der Waals surface area contributed by atoms with Gasteiger partial charge in [-0.1, -0.05) is 6.42 Å². The van der Waals surface area contributed by atoms with E-state index in [1.807, 2.05) is 42.9 Å². The van der Waals surface area contributed by atoms with Crippen LogP contribution in [0.15, 0.2) is 22.0 Å². The highest BCUT2D eigenvalue weighted by atomic mass is 79.9. The standard InChI is InChI=1S/C19H22BrNO3S/c1-11(2)24-19(23)14-6-4-5-7-21-15(14)8-12(3)17(21)18(22)16-9-13(20)10-25-16/h8-11,14H,4-7H2,1-3H3. The molecule has 3 rings (SSSR count). The Labute approximate surface area is 160 Å². The van der Waals surface area contributed by atoms with E-state index in [1.54, 1.807) is 0 Å². The van der Waals surface area contributed by atoms with E-state index >= 15 is 0 Å². The lowest BCUT2D eigenvalue weighted by Crippen LogP contribution is -2.21. The molecule has 0 fully saturated rings. The maximum Gasteiger partial charge on any atom is 0.315 e. The van der Waals surface area contributed by atoms with Crippen molar-refractivity contribution in [3.63, 3.8) is 0 Å². The Morgan fingerprint density at radius 3 is 2.72 bits per heavy atom. The molecule has 0 N–H and O–H groups in total. The third-order valence-corrected chi connectivity index (χ3v) is 6.13. The average molecular weight is 424 g/mol. The molecule has 0 aliphatic carbocycles. The van der Waals surface area contributed by atoms with Crippen molar-refractivity contribution in [3.8, 4) is 0 Å². The van der Waals surface area contributed by atoms with Crippen LogP contribution in [0.3, 0.4) is 0 Å². The molecule has 0 saturated heterocycles. The molecule has 1 aliphatic rings. The number of rotatable bonds is 4. The van der Waals surface area contributed by atoms with Crippen LogP contribution in [0, 0.1) is 6.92 Å². The molecule has 1 aliphatic heterocycles. The number of hydrogen-bond acceptors (Lipinski definition) is 4. The summed E-state index contributed by atoms with van der Waals surface area (Å²) in [5.41, 5.74) is 2.54. The zero-order valence-corrected chi connectivity index (χ0v) is 17.1. The Morgan fingerprint density at radius 2 is 2.08 bits per heavy atom. The number of aromatic nitrogens is 1. The van der Waals surface area contributed by atoms with E-state index in [0.29, 0.717) is 10.6 Å². The van der Waals surface area contributed by atoms with E-state index in [-0.39, 0.29) is 23.8 Å². The van der Waals surface area contributed by atoms with Crippen LogP contribution in [0.5, 0.6) is 0 Å². The summed E-state index contributed by atoms with van der Waals surface area (Å²) in [5, 5.41) is 1.91. The molecule has 0 aromatic carbocycles. The van der Waals surface area contributed by atoms with Gasteiger partial charge in [0.2, 0.25) is 5.78 Å². The molecule has 3 heterocycles. The van der Waals surface area contributed by atoms with E-state index in [2.05, 4.69) is 15.9 Å². The lowest BCUT2D eigenvalue weighted by Gasteiger charge is -2.17. The molecule has 0 saturated carbocycles. The van der Waals surface area contributed by atoms with Crippen LogP contribution < -0.4 is 0 Å². The topological polar surface area (TPSA) is 48.3 Å². The Kier molecular flexibility index (Phi) is 5.49. The minimum absolute atomic E-state index is 0.0253. The van der Waals surface area contributed by atoms with Crippen LogP contribution in [0.4, 0.5) is 0 Å². The first-order valence-corrected chi connectivity index (χ1v) is 10.2. The van der Waals surface area contributed by atoms with Gasteiger partial charge in [0.05, 0.1) is 22.6 Å². The maximum absolute atomic E-state index is 13.0. The van der Waals surface area contributed by atoms with Crippen LogP contribution >= 0.6 is 27.3 Å². The summed E-state index contributed by atoms with van der Waals surface area (Å²) in [6, 6.07) is 3.85. The molecular formula is C19H22BrNO3S. The number of carbonyl (C=O) groups excluding carboxylic acids is 2. The van der Waals surface area contributed by atoms with Crippen molar-refractivity contribution in [3.05, 3.63) is 43.8 Å². The highest BCUT2D eigenvalue weighted by Gasteiger charge is 2.31. The fourth-order valence-electron chi connectivity index (χ4n) is 3.41. The van der Waals surface area contributed by atoms with Gasteiger partial charge in [-0.05, 0) is 67.2 Å². The number of thiophene rings is 1. The number of fused-ring (bicyclic) bond motifs is 1. The first kappa shape index (κ1) is 18.4. The summed E-state index contributed by atoms with van der Waals surface area (Å²) in [6.07, 6.45) is 2.55. The zero-order valence-electron chi connectivity index (χ0n) is 14.7. The molecule has 1 unspecified atom stereocenters. The highest BCUT2D eigenvalue weighted by Crippen LogP contribution is 2.34. The Hall–Kier alpha value is -1.40. The number of hydrogen-bond donors (Lipinski definition) is 0. The van der Waals surface area contributed by atoms with Crippen molar-refractivity contribution < 1.29 is 14.3 Å². The first-order valence-electron chi connectivity index (χ1n) is 8.57. The second-order valence-corrected chi connectivity index (χ2v) is 8.57. The average Bonchev–Trinajstić information content (AvgIpc) is 3.03. The maximum atomic E-state index is 13.0. The van der Waals surface area contributed by atoms with Crippen molar-refractivity contribution in [2.24, 2.45) is 0 Å². The van der Waals surface area contributed by atoms with E-state index in [9.17, 15) is 9.59 Å². The summed E-state index contributed by atoms with van der Waals surface area (Å²) < 4.78 is 8.42. The van der Waals surface area contributed by atoms with Crippen LogP contribution in [0.25, 0.3) is 0 Å². The summed E-state index contributed by atoms with van der Waals surface area (Å²) in [6.45, 7) is 6.44. The fourth-order valence-corrected chi connectivity index (χ4v) is 4.78. The number of ether oxygens (including phenoxy) is 1. The largest absolute Gasteiger partial charge is 0.462 e. The van der Waals surface area contributed by atoms with E-state index < -0.39 is 0 Å². The fraction of sp³-hybridized carbons (Fsp3) is 0.474. The van der Waals surface area contributed by atoms with Gasteiger partial charge in [0.1, 0.15) is 0 Å². The van der Waals surface area contributed by atoms with Gasteiger partial charge in [-0.3, -0.25) is 9.59 Å². The molecule has 25 heavy (non-hydrogen) atoms. The predicted molar refractivity (Wildman–Crippen MR) is 102 cm³/mol. The molecule has 2 aromatic heterocycles. The van der Waals surface area contributed by atoms with Gasteiger partial charge in [-0.15, -0.1) is 11.3 Å². The number of halogens is 1. The van der Waals surface area contributed by atoms with Gasteiger partial charge in [-0.2, -0.15) is 0 Å². The highest BCUT2D eigenvalue weighted by molar-refractivity contribution is 9.10. The second kappa shape index (κ2) is 7.46. The van der Waals surface area contributed by atoms with Crippen molar-refractivity contribution >= 4 is 39.0 Å². The van der Waals surface area contributed by atoms with E-state index in [4.69, 9.17) is 4.74 Å². The molecule has 0 amide bonds. The van der Waals surface area contributed by atoms with Crippen LogP contribution in [0.2, 0.25) is 0 Å². The van der Waals surface area contributed by atoms with Crippen molar-refractivity contribution in [1.29, 1.82) is 0 Å². The van der Waals surface area contributed by atoms with Crippen molar-refractivity contribution in [2.45, 2.75) is 58.6 Å². The van der Waals surface area contributed by atoms with Gasteiger partial charge in [0.15, 0.2) is 0 Å². The molecule has 0 bridgehead atoms. The van der Waals surface area contributed by atoms with Gasteiger partial charge in [0, 0.05) is 22.1 Å². The van der Waals surface area contributed by atoms with Crippen LogP contribution in [-0.4, -0.2) is 22.4 Å². The monoisotopic (exact) mass is 423 g/mol. The molecule has 0 radical (unpaired) electrons. The summed E-state index contributed by atoms with van der Waals surface area (Å²) in [5.74, 6) is -0.453. The number of carbonyl (C=O) groups is 2. The summed E-state index contributed by atoms with van der Waals surface area (Å²) >= 11 is 4.85. The van der Waals surface area contributed by atoms with Crippen molar-refractivity contribution in [2.75, 3.05) is 0 Å². The quantitative estimate of drug-likeness (QED) is 0.509. The Morgan fingerprint density at radius 1 is 1.32 bits per heavy atom. The second-order valence-electron chi connectivity index (χ2n) is 6.74. The normalized spacial score (nSPS) is 17.2. The van der Waals surface area contributed by atoms with Crippen LogP contribution in [0.1, 0.15) is 65.7 Å². The lowest BCUT2D eigenvalue weighted by atomic mass is 9.99. The van der Waals surface area contributed by atoms with Gasteiger partial charge in [-0.25, -0.2) is 0 Å². The van der Waals surface area contributed by atoms with Gasteiger partial charge in [0.25, 0.3) is 0 Å². The van der Waals surface area contributed by atoms with Gasteiger partial charge >= 0.3 is 5.97 Å². The van der Waals surface area contributed by atoms with E-state index in [1.165, 1.54) is 11.3 Å². The third-order valence-electron chi connectivity index (χ3n) is 4.44. The molecular weight excluding hydrogens is 402 g/mol. The molecule has 0 spiro atoms. The SMILES string of the molecule is Cc1cc2n(c1C(=O)c1cc(Br)cs1)CCCCC2C(=O)OC(C)C. The molecule has 4 nitrogen and oxygen atoms in total. The lowest BCUT2D eigenvalue weighted by molar-refractivity contribution is -0.149. The number of ketones is 1. The minimum Gasteiger partial charge on any atom is -0.462 e. The molecule has 1 atom stereocenters. The predicted octanol–water partition coefficient (Wildman–Crippen LogP) is 5.07. The van der Waals surface area contributed by atoms with Gasteiger partial charge < -0.3 is 9.30 Å². The Bertz CT molecular complexity index is 806. The third kappa shape index (κ3) is 3.75. The number of aryl methyl sites for hydroxylation is 1. The number of esters is 1. The molecule has 2 aromatic rings. The molecule has 134 valence electrons. The van der Waals surface area contributed by atoms with Crippen molar-refractivity contribution in [1.82, 2.24) is 4.57 Å².